The molecule has 1 N–H and O–H groups in total. The Bertz CT molecular complexity index is 651. The van der Waals surface area contributed by atoms with Gasteiger partial charge in [0.15, 0.2) is 6.10 Å². The summed E-state index contributed by atoms with van der Waals surface area (Å²) < 4.78 is 58.6. The highest BCUT2D eigenvalue weighted by Gasteiger charge is 2.48. The molecule has 1 aliphatic rings. The van der Waals surface area contributed by atoms with E-state index in [1.54, 1.807) is 7.05 Å². The number of hydrogen-bond donors (Lipinski definition) is 1. The predicted molar refractivity (Wildman–Crippen MR) is 99.8 cm³/mol. The minimum atomic E-state index is -3.26. The molecule has 1 saturated carbocycles. The summed E-state index contributed by atoms with van der Waals surface area (Å²) >= 11 is 0. The Hall–Kier alpha value is -1.37. The largest absolute Gasteiger partial charge is 0.439 e. The highest BCUT2D eigenvalue weighted by Crippen LogP contribution is 2.50. The monoisotopic (exact) mass is 413 g/mol. The van der Waals surface area contributed by atoms with Crippen LogP contribution in [0.3, 0.4) is 0 Å². The molecule has 1 heterocycles. The van der Waals surface area contributed by atoms with Crippen molar-refractivity contribution in [3.8, 4) is 0 Å². The highest BCUT2D eigenvalue weighted by atomic mass is 31.0. The molecule has 5 nitrogen and oxygen atoms in total. The van der Waals surface area contributed by atoms with Gasteiger partial charge >= 0.3 is 6.09 Å². The zero-order chi connectivity index (χ0) is 21.2. The van der Waals surface area contributed by atoms with Crippen LogP contribution in [0, 0.1) is 0 Å². The van der Waals surface area contributed by atoms with Crippen molar-refractivity contribution >= 4 is 21.2 Å². The average molecular weight is 413 g/mol. The fourth-order valence-electron chi connectivity index (χ4n) is 2.80. The molecule has 1 fully saturated rings. The quantitative estimate of drug-likeness (QED) is 0.513. The topological polar surface area (TPSA) is 56.2 Å². The standard InChI is InChI=1S/C15H22F4N3O2P.C2H6/c1-7(2)10-11(9-5-14(16,17)6-9)21-22(4)12(10)20-13(23)24-8(3)15(18,19)25;1-2/h7-9H,5-6,25H2,1-4H3,(H,20,23);1-2H3. The van der Waals surface area contributed by atoms with Crippen LogP contribution in [0.15, 0.2) is 0 Å². The van der Waals surface area contributed by atoms with Crippen LogP contribution in [0.25, 0.3) is 0 Å². The molecule has 0 saturated heterocycles. The number of aromatic nitrogens is 2. The normalized spacial score (nSPS) is 17.6. The number of hydrogen-bond acceptors (Lipinski definition) is 3. The van der Waals surface area contributed by atoms with Crippen LogP contribution < -0.4 is 5.32 Å². The second-order valence-corrected chi connectivity index (χ2v) is 7.50. The van der Waals surface area contributed by atoms with Crippen molar-refractivity contribution in [1.29, 1.82) is 0 Å². The van der Waals surface area contributed by atoms with Gasteiger partial charge in [0.05, 0.1) is 5.69 Å². The van der Waals surface area contributed by atoms with E-state index in [1.165, 1.54) is 13.9 Å². The van der Waals surface area contributed by atoms with E-state index in [0.29, 0.717) is 11.3 Å². The first-order valence-corrected chi connectivity index (χ1v) is 9.48. The smallest absolute Gasteiger partial charge is 0.413 e. The van der Waals surface area contributed by atoms with E-state index in [0.717, 1.165) is 6.92 Å². The lowest BCUT2D eigenvalue weighted by Gasteiger charge is -2.34. The SMILES string of the molecule is CC.CC(C)c1c(C2CC(F)(F)C2)nn(C)c1NC(=O)OC(C)C(F)(F)P. The van der Waals surface area contributed by atoms with Gasteiger partial charge in [-0.05, 0) is 12.8 Å². The van der Waals surface area contributed by atoms with E-state index < -0.39 is 23.8 Å². The van der Waals surface area contributed by atoms with Gasteiger partial charge in [0.2, 0.25) is 5.92 Å². The number of anilines is 1. The lowest BCUT2D eigenvalue weighted by Crippen LogP contribution is -2.34. The molecule has 1 amide bonds. The van der Waals surface area contributed by atoms with Crippen molar-refractivity contribution in [3.63, 3.8) is 0 Å². The molecule has 0 aromatic carbocycles. The first-order chi connectivity index (χ1) is 12.3. The van der Waals surface area contributed by atoms with Crippen LogP contribution in [0.5, 0.6) is 0 Å². The summed E-state index contributed by atoms with van der Waals surface area (Å²) in [6, 6.07) is 0. The van der Waals surface area contributed by atoms with Gasteiger partial charge in [-0.15, -0.1) is 0 Å². The molecule has 0 spiro atoms. The molecule has 0 radical (unpaired) electrons. The number of nitrogens with one attached hydrogen (secondary N) is 1. The first kappa shape index (κ1) is 23.7. The fourth-order valence-corrected chi connectivity index (χ4v) is 2.87. The maximum atomic E-state index is 13.2. The highest BCUT2D eigenvalue weighted by molar-refractivity contribution is 7.18. The number of carbonyl (C=O) groups is 1. The number of carbonyl (C=O) groups excluding carboxylic acids is 1. The van der Waals surface area contributed by atoms with Crippen LogP contribution >= 0.6 is 9.24 Å². The average Bonchev–Trinajstić information content (AvgIpc) is 2.82. The summed E-state index contributed by atoms with van der Waals surface area (Å²) in [6.07, 6.45) is -3.27. The van der Waals surface area contributed by atoms with Crippen molar-refractivity contribution in [2.75, 3.05) is 5.32 Å². The van der Waals surface area contributed by atoms with Crippen LogP contribution in [0.4, 0.5) is 28.2 Å². The second kappa shape index (κ2) is 8.76. The molecule has 156 valence electrons. The van der Waals surface area contributed by atoms with Crippen molar-refractivity contribution in [2.45, 2.75) is 77.0 Å². The van der Waals surface area contributed by atoms with Crippen molar-refractivity contribution in [1.82, 2.24) is 9.78 Å². The molecule has 2 atom stereocenters. The predicted octanol–water partition coefficient (Wildman–Crippen LogP) is 5.49. The fraction of sp³-hybridized carbons (Fsp3) is 0.765. The van der Waals surface area contributed by atoms with Crippen LogP contribution in [-0.2, 0) is 11.8 Å². The number of aryl methyl sites for hydroxylation is 1. The maximum absolute atomic E-state index is 13.2. The van der Waals surface area contributed by atoms with E-state index >= 15 is 0 Å². The van der Waals surface area contributed by atoms with Gasteiger partial charge in [-0.25, -0.2) is 13.6 Å². The summed E-state index contributed by atoms with van der Waals surface area (Å²) in [7, 11) is 2.86. The number of nitrogens with zero attached hydrogens (tertiary/aromatic N) is 2. The van der Waals surface area contributed by atoms with Crippen molar-refractivity contribution < 1.29 is 27.1 Å². The van der Waals surface area contributed by atoms with Crippen LogP contribution in [0.1, 0.15) is 70.6 Å². The summed E-state index contributed by atoms with van der Waals surface area (Å²) in [5, 5.41) is 6.68. The minimum absolute atomic E-state index is 0.103. The van der Waals surface area contributed by atoms with Crippen molar-refractivity contribution in [3.05, 3.63) is 11.3 Å². The summed E-state index contributed by atoms with van der Waals surface area (Å²) in [5.41, 5.74) is -2.14. The molecule has 2 unspecified atom stereocenters. The Morgan fingerprint density at radius 2 is 1.85 bits per heavy atom. The third-order valence-electron chi connectivity index (χ3n) is 4.21. The molecule has 27 heavy (non-hydrogen) atoms. The molecule has 0 bridgehead atoms. The molecular weight excluding hydrogens is 385 g/mol. The zero-order valence-corrected chi connectivity index (χ0v) is 17.6. The molecule has 1 aromatic rings. The van der Waals surface area contributed by atoms with Gasteiger partial charge in [0, 0.05) is 31.4 Å². The van der Waals surface area contributed by atoms with E-state index in [2.05, 4.69) is 15.2 Å². The van der Waals surface area contributed by atoms with Gasteiger partial charge in [-0.2, -0.15) is 13.9 Å². The summed E-state index contributed by atoms with van der Waals surface area (Å²) in [4.78, 5) is 11.9. The van der Waals surface area contributed by atoms with E-state index in [4.69, 9.17) is 0 Å². The van der Waals surface area contributed by atoms with Gasteiger partial charge in [-0.1, -0.05) is 36.9 Å². The van der Waals surface area contributed by atoms with E-state index in [1.807, 2.05) is 27.7 Å². The molecule has 1 aromatic heterocycles. The third-order valence-corrected chi connectivity index (χ3v) is 4.68. The van der Waals surface area contributed by atoms with Gasteiger partial charge in [-0.3, -0.25) is 10.00 Å². The van der Waals surface area contributed by atoms with E-state index in [-0.39, 0.29) is 30.5 Å². The second-order valence-electron chi connectivity index (χ2n) is 6.73. The number of halogens is 4. The third kappa shape index (κ3) is 5.80. The Labute approximate surface area is 159 Å². The number of amides is 1. The molecule has 1 aliphatic carbocycles. The summed E-state index contributed by atoms with van der Waals surface area (Å²) in [5.74, 6) is -2.92. The van der Waals surface area contributed by atoms with Gasteiger partial charge < -0.3 is 4.74 Å². The lowest BCUT2D eigenvalue weighted by atomic mass is 9.77. The van der Waals surface area contributed by atoms with Gasteiger partial charge in [0.25, 0.3) is 5.66 Å². The Morgan fingerprint density at radius 1 is 1.33 bits per heavy atom. The number of ether oxygens (including phenoxy) is 1. The van der Waals surface area contributed by atoms with Crippen molar-refractivity contribution in [2.24, 2.45) is 7.05 Å². The van der Waals surface area contributed by atoms with Crippen LogP contribution in [-0.4, -0.2) is 33.6 Å². The van der Waals surface area contributed by atoms with Crippen LogP contribution in [0.2, 0.25) is 0 Å². The molecule has 10 heteroatoms. The summed E-state index contributed by atoms with van der Waals surface area (Å²) in [6.45, 7) is 8.75. The number of alkyl halides is 4. The minimum Gasteiger partial charge on any atom is -0.439 e. The lowest BCUT2D eigenvalue weighted by molar-refractivity contribution is -0.0878. The molecular formula is C17H28F4N3O2P. The Balaban J connectivity index is 0.00000176. The first-order valence-electron chi connectivity index (χ1n) is 8.90. The number of rotatable bonds is 5. The zero-order valence-electron chi connectivity index (χ0n) is 16.4. The molecule has 0 aliphatic heterocycles. The Kier molecular flexibility index (Phi) is 7.68. The van der Waals surface area contributed by atoms with Gasteiger partial charge in [0.1, 0.15) is 5.82 Å². The Morgan fingerprint density at radius 3 is 2.26 bits per heavy atom. The maximum Gasteiger partial charge on any atom is 0.413 e. The molecule has 2 rings (SSSR count). The van der Waals surface area contributed by atoms with E-state index in [9.17, 15) is 22.4 Å².